The first-order chi connectivity index (χ1) is 10.3. The van der Waals surface area contributed by atoms with E-state index in [1.807, 2.05) is 24.4 Å². The van der Waals surface area contributed by atoms with Crippen LogP contribution in [-0.4, -0.2) is 24.0 Å². The summed E-state index contributed by atoms with van der Waals surface area (Å²) in [6.07, 6.45) is 6.76. The number of fused-ring (bicyclic) bond motifs is 1. The summed E-state index contributed by atoms with van der Waals surface area (Å²) in [5.74, 6) is 3.07. The molecule has 2 unspecified atom stereocenters. The molecule has 0 radical (unpaired) electrons. The zero-order valence-corrected chi connectivity index (χ0v) is 13.1. The molecule has 0 aliphatic heterocycles. The van der Waals surface area contributed by atoms with Crippen molar-refractivity contribution in [2.24, 2.45) is 5.92 Å². The van der Waals surface area contributed by atoms with E-state index in [0.717, 1.165) is 22.3 Å². The highest BCUT2D eigenvalue weighted by Crippen LogP contribution is 2.32. The van der Waals surface area contributed by atoms with Gasteiger partial charge in [0.1, 0.15) is 11.6 Å². The van der Waals surface area contributed by atoms with Crippen LogP contribution in [0.25, 0.3) is 10.8 Å². The molecule has 1 heterocycles. The number of alkyl halides is 1. The standard InChI is InChI=1S/C17H21ClN2O/c1-21-16-8-4-6-14-13(16)9-10-19-17(14)20-15-7-3-2-5-12(15)11-18/h4,6,8-10,12,15H,2-3,5,7,11H2,1H3,(H,19,20). The molecule has 1 saturated carbocycles. The van der Waals surface area contributed by atoms with Gasteiger partial charge in [-0.15, -0.1) is 11.6 Å². The van der Waals surface area contributed by atoms with Gasteiger partial charge in [-0.05, 0) is 30.9 Å². The summed E-state index contributed by atoms with van der Waals surface area (Å²) in [4.78, 5) is 4.54. The first-order valence-corrected chi connectivity index (χ1v) is 8.11. The van der Waals surface area contributed by atoms with Crippen LogP contribution < -0.4 is 10.1 Å². The van der Waals surface area contributed by atoms with Gasteiger partial charge in [0.15, 0.2) is 0 Å². The quantitative estimate of drug-likeness (QED) is 0.847. The molecule has 3 nitrogen and oxygen atoms in total. The van der Waals surface area contributed by atoms with Gasteiger partial charge in [-0.3, -0.25) is 0 Å². The summed E-state index contributed by atoms with van der Waals surface area (Å²) < 4.78 is 5.44. The third kappa shape index (κ3) is 2.93. The van der Waals surface area contributed by atoms with Gasteiger partial charge in [0.05, 0.1) is 7.11 Å². The molecular formula is C17H21ClN2O. The number of pyridine rings is 1. The third-order valence-electron chi connectivity index (χ3n) is 4.42. The van der Waals surface area contributed by atoms with Crippen LogP contribution in [0.3, 0.4) is 0 Å². The lowest BCUT2D eigenvalue weighted by Gasteiger charge is -2.31. The number of nitrogens with one attached hydrogen (secondary N) is 1. The van der Waals surface area contributed by atoms with E-state index in [9.17, 15) is 0 Å². The van der Waals surface area contributed by atoms with Gasteiger partial charge in [0.2, 0.25) is 0 Å². The molecule has 1 fully saturated rings. The van der Waals surface area contributed by atoms with E-state index in [1.54, 1.807) is 7.11 Å². The summed E-state index contributed by atoms with van der Waals surface area (Å²) in [7, 11) is 1.70. The van der Waals surface area contributed by atoms with Crippen LogP contribution in [0.1, 0.15) is 25.7 Å². The van der Waals surface area contributed by atoms with Crippen molar-refractivity contribution in [1.82, 2.24) is 4.98 Å². The topological polar surface area (TPSA) is 34.1 Å². The van der Waals surface area contributed by atoms with Crippen LogP contribution in [0.2, 0.25) is 0 Å². The summed E-state index contributed by atoms with van der Waals surface area (Å²) >= 11 is 6.13. The molecule has 1 N–H and O–H groups in total. The molecule has 0 bridgehead atoms. The molecule has 3 rings (SSSR count). The van der Waals surface area contributed by atoms with Crippen molar-refractivity contribution in [3.8, 4) is 5.75 Å². The molecule has 1 aromatic carbocycles. The minimum absolute atomic E-state index is 0.417. The fourth-order valence-corrected chi connectivity index (χ4v) is 3.60. The van der Waals surface area contributed by atoms with E-state index in [2.05, 4.69) is 16.4 Å². The Morgan fingerprint density at radius 2 is 2.10 bits per heavy atom. The van der Waals surface area contributed by atoms with Crippen LogP contribution in [0, 0.1) is 5.92 Å². The molecule has 1 aliphatic carbocycles. The molecule has 21 heavy (non-hydrogen) atoms. The number of aromatic nitrogens is 1. The Kier molecular flexibility index (Phi) is 4.49. The Hall–Kier alpha value is -1.48. The number of halogens is 1. The minimum atomic E-state index is 0.417. The maximum absolute atomic E-state index is 6.13. The van der Waals surface area contributed by atoms with Crippen LogP contribution in [0.4, 0.5) is 5.82 Å². The Labute approximate surface area is 130 Å². The summed E-state index contributed by atoms with van der Waals surface area (Å²) in [6.45, 7) is 0. The fraction of sp³-hybridized carbons (Fsp3) is 0.471. The maximum Gasteiger partial charge on any atom is 0.134 e. The van der Waals surface area contributed by atoms with E-state index in [0.29, 0.717) is 17.8 Å². The highest BCUT2D eigenvalue weighted by atomic mass is 35.5. The smallest absolute Gasteiger partial charge is 0.134 e. The Bertz CT molecular complexity index is 617. The molecule has 112 valence electrons. The first kappa shape index (κ1) is 14.5. The molecule has 0 amide bonds. The minimum Gasteiger partial charge on any atom is -0.496 e. The van der Waals surface area contributed by atoms with E-state index in [-0.39, 0.29) is 0 Å². The highest BCUT2D eigenvalue weighted by molar-refractivity contribution is 6.18. The zero-order chi connectivity index (χ0) is 14.7. The van der Waals surface area contributed by atoms with Gasteiger partial charge in [-0.25, -0.2) is 4.98 Å². The third-order valence-corrected chi connectivity index (χ3v) is 4.81. The van der Waals surface area contributed by atoms with Gasteiger partial charge in [-0.2, -0.15) is 0 Å². The number of hydrogen-bond donors (Lipinski definition) is 1. The van der Waals surface area contributed by atoms with Crippen LogP contribution in [-0.2, 0) is 0 Å². The second kappa shape index (κ2) is 6.52. The number of anilines is 1. The summed E-state index contributed by atoms with van der Waals surface area (Å²) in [6, 6.07) is 8.49. The molecule has 1 aliphatic rings. The number of rotatable bonds is 4. The van der Waals surface area contributed by atoms with E-state index < -0.39 is 0 Å². The lowest BCUT2D eigenvalue weighted by molar-refractivity contribution is 0.353. The molecule has 2 aromatic rings. The Morgan fingerprint density at radius 3 is 2.90 bits per heavy atom. The fourth-order valence-electron chi connectivity index (χ4n) is 3.23. The van der Waals surface area contributed by atoms with Gasteiger partial charge in [0, 0.05) is 28.9 Å². The van der Waals surface area contributed by atoms with E-state index in [1.165, 1.54) is 25.7 Å². The number of benzene rings is 1. The second-order valence-corrected chi connectivity index (χ2v) is 5.97. The number of hydrogen-bond acceptors (Lipinski definition) is 3. The Morgan fingerprint density at radius 1 is 1.24 bits per heavy atom. The van der Waals surface area contributed by atoms with Crippen molar-refractivity contribution in [2.45, 2.75) is 31.7 Å². The first-order valence-electron chi connectivity index (χ1n) is 7.57. The lowest BCUT2D eigenvalue weighted by Crippen LogP contribution is -2.33. The van der Waals surface area contributed by atoms with Gasteiger partial charge >= 0.3 is 0 Å². The molecular weight excluding hydrogens is 284 g/mol. The highest BCUT2D eigenvalue weighted by Gasteiger charge is 2.25. The molecule has 4 heteroatoms. The van der Waals surface area contributed by atoms with E-state index in [4.69, 9.17) is 16.3 Å². The SMILES string of the molecule is COc1cccc2c(NC3CCCCC3CCl)nccc12. The van der Waals surface area contributed by atoms with Crippen molar-refractivity contribution < 1.29 is 4.74 Å². The number of ether oxygens (including phenoxy) is 1. The van der Waals surface area contributed by atoms with Gasteiger partial charge in [-0.1, -0.05) is 25.0 Å². The van der Waals surface area contributed by atoms with Gasteiger partial charge < -0.3 is 10.1 Å². The van der Waals surface area contributed by atoms with Crippen LogP contribution in [0.15, 0.2) is 30.5 Å². The molecule has 1 aromatic heterocycles. The van der Waals surface area contributed by atoms with Crippen molar-refractivity contribution in [1.29, 1.82) is 0 Å². The van der Waals surface area contributed by atoms with Crippen molar-refractivity contribution in [2.75, 3.05) is 18.3 Å². The second-order valence-electron chi connectivity index (χ2n) is 5.66. The monoisotopic (exact) mass is 304 g/mol. The predicted molar refractivity (Wildman–Crippen MR) is 88.4 cm³/mol. The largest absolute Gasteiger partial charge is 0.496 e. The van der Waals surface area contributed by atoms with Crippen molar-refractivity contribution >= 4 is 28.2 Å². The van der Waals surface area contributed by atoms with Crippen LogP contribution in [0.5, 0.6) is 5.75 Å². The molecule has 0 saturated heterocycles. The Balaban J connectivity index is 1.93. The lowest BCUT2D eigenvalue weighted by atomic mass is 9.85. The zero-order valence-electron chi connectivity index (χ0n) is 12.3. The average Bonchev–Trinajstić information content (AvgIpc) is 2.55. The number of methoxy groups -OCH3 is 1. The average molecular weight is 305 g/mol. The normalized spacial score (nSPS) is 22.2. The maximum atomic E-state index is 6.13. The predicted octanol–water partition coefficient (Wildman–Crippen LogP) is 4.45. The van der Waals surface area contributed by atoms with Crippen LogP contribution >= 0.6 is 11.6 Å². The molecule has 0 spiro atoms. The van der Waals surface area contributed by atoms with Crippen molar-refractivity contribution in [3.05, 3.63) is 30.5 Å². The summed E-state index contributed by atoms with van der Waals surface area (Å²) in [5.41, 5.74) is 0. The molecule has 2 atom stereocenters. The van der Waals surface area contributed by atoms with Gasteiger partial charge in [0.25, 0.3) is 0 Å². The summed E-state index contributed by atoms with van der Waals surface area (Å²) in [5, 5.41) is 5.83. The van der Waals surface area contributed by atoms with Crippen molar-refractivity contribution in [3.63, 3.8) is 0 Å². The number of nitrogens with zero attached hydrogens (tertiary/aromatic N) is 1. The van der Waals surface area contributed by atoms with E-state index >= 15 is 0 Å².